The van der Waals surface area contributed by atoms with Gasteiger partial charge < -0.3 is 9.47 Å². The number of pyridine rings is 1. The van der Waals surface area contributed by atoms with E-state index in [0.29, 0.717) is 13.0 Å². The topological polar surface area (TPSA) is 74.7 Å². The Hall–Kier alpha value is -2.32. The van der Waals surface area contributed by atoms with Crippen LogP contribution in [0.25, 0.3) is 10.8 Å². The maximum Gasteiger partial charge on any atom is 0.296 e. The lowest BCUT2D eigenvalue weighted by atomic mass is 10.1. The average Bonchev–Trinajstić information content (AvgIpc) is 3.08. The van der Waals surface area contributed by atoms with E-state index < -0.39 is 15.9 Å². The fourth-order valence-electron chi connectivity index (χ4n) is 2.90. The molecule has 1 aliphatic heterocycles. The molecule has 2 aromatic carbocycles. The van der Waals surface area contributed by atoms with Crippen molar-refractivity contribution < 1.29 is 22.1 Å². The summed E-state index contributed by atoms with van der Waals surface area (Å²) in [5, 5.41) is 1.86. The number of benzene rings is 2. The number of nitrogens with zero attached hydrogens (tertiary/aromatic N) is 1. The zero-order valence-corrected chi connectivity index (χ0v) is 17.3. The van der Waals surface area contributed by atoms with Crippen molar-refractivity contribution in [3.8, 4) is 0 Å². The molecule has 1 unspecified atom stereocenters. The monoisotopic (exact) mass is 415 g/mol. The molecule has 2 heterocycles. The number of hydrogen-bond donors (Lipinski definition) is 0. The smallest absolute Gasteiger partial charge is 0.296 e. The number of hydrogen-bond acceptors (Lipinski definition) is 6. The molecular weight excluding hydrogens is 390 g/mol. The summed E-state index contributed by atoms with van der Waals surface area (Å²) < 4.78 is 40.8. The van der Waals surface area contributed by atoms with Crippen LogP contribution in [0.15, 0.2) is 78.0 Å². The Balaban J connectivity index is 0.000000343. The van der Waals surface area contributed by atoms with Gasteiger partial charge in [0.2, 0.25) is 0 Å². The molecule has 0 amide bonds. The normalized spacial score (nSPS) is 18.2. The quantitative estimate of drug-likeness (QED) is 0.582. The standard InChI is InChI=1S/C17H20O5S.C5H5N/c1-17(2)20-12-15(22-17)9-10-21-23(18,19)16-8-7-13-5-3-4-6-14(13)11-16;1-2-4-6-5-3-1/h3-8,11,15H,9-10,12H2,1-2H3;1-5H. The summed E-state index contributed by atoms with van der Waals surface area (Å²) in [6.45, 7) is 4.19. The Bertz CT molecular complexity index is 995. The molecule has 4 rings (SSSR count). The minimum Gasteiger partial charge on any atom is -0.348 e. The lowest BCUT2D eigenvalue weighted by Crippen LogP contribution is -2.22. The van der Waals surface area contributed by atoms with Gasteiger partial charge in [0.15, 0.2) is 5.79 Å². The van der Waals surface area contributed by atoms with E-state index in [9.17, 15) is 8.42 Å². The molecule has 1 atom stereocenters. The molecule has 0 spiro atoms. The largest absolute Gasteiger partial charge is 0.348 e. The summed E-state index contributed by atoms with van der Waals surface area (Å²) in [6, 6.07) is 18.3. The number of ether oxygens (including phenoxy) is 2. The van der Waals surface area contributed by atoms with Crippen LogP contribution in [0.1, 0.15) is 20.3 Å². The summed E-state index contributed by atoms with van der Waals surface area (Å²) in [7, 11) is -3.77. The van der Waals surface area contributed by atoms with Crippen molar-refractivity contribution >= 4 is 20.9 Å². The molecule has 29 heavy (non-hydrogen) atoms. The minimum absolute atomic E-state index is 0.0687. The summed E-state index contributed by atoms with van der Waals surface area (Å²) >= 11 is 0. The lowest BCUT2D eigenvalue weighted by molar-refractivity contribution is -0.139. The van der Waals surface area contributed by atoms with Gasteiger partial charge in [0, 0.05) is 18.8 Å². The molecular formula is C22H25NO5S. The first kappa shape index (κ1) is 21.4. The number of aromatic nitrogens is 1. The molecule has 154 valence electrons. The van der Waals surface area contributed by atoms with Crippen LogP contribution >= 0.6 is 0 Å². The fourth-order valence-corrected chi connectivity index (χ4v) is 3.86. The Morgan fingerprint density at radius 2 is 1.76 bits per heavy atom. The van der Waals surface area contributed by atoms with Crippen LogP contribution in [0, 0.1) is 0 Å². The summed E-state index contributed by atoms with van der Waals surface area (Å²) in [6.07, 6.45) is 3.83. The first-order valence-electron chi connectivity index (χ1n) is 9.41. The third-order valence-corrected chi connectivity index (χ3v) is 5.63. The number of fused-ring (bicyclic) bond motifs is 1. The van der Waals surface area contributed by atoms with Crippen LogP contribution in [-0.4, -0.2) is 38.5 Å². The van der Waals surface area contributed by atoms with Crippen LogP contribution in [0.4, 0.5) is 0 Å². The Morgan fingerprint density at radius 3 is 2.34 bits per heavy atom. The van der Waals surface area contributed by atoms with E-state index in [-0.39, 0.29) is 17.6 Å². The van der Waals surface area contributed by atoms with Gasteiger partial charge in [0.05, 0.1) is 24.2 Å². The summed E-state index contributed by atoms with van der Waals surface area (Å²) in [4.78, 5) is 3.95. The van der Waals surface area contributed by atoms with E-state index in [1.807, 2.05) is 56.3 Å². The van der Waals surface area contributed by atoms with Crippen molar-refractivity contribution in [2.45, 2.75) is 37.1 Å². The second kappa shape index (κ2) is 9.45. The molecule has 1 aromatic heterocycles. The minimum atomic E-state index is -3.77. The highest BCUT2D eigenvalue weighted by Gasteiger charge is 2.32. The predicted molar refractivity (Wildman–Crippen MR) is 111 cm³/mol. The fraction of sp³-hybridized carbons (Fsp3) is 0.318. The van der Waals surface area contributed by atoms with Gasteiger partial charge in [-0.05, 0) is 48.9 Å². The van der Waals surface area contributed by atoms with Crippen LogP contribution < -0.4 is 0 Å². The van der Waals surface area contributed by atoms with E-state index in [1.54, 1.807) is 30.6 Å². The van der Waals surface area contributed by atoms with Crippen molar-refractivity contribution in [2.24, 2.45) is 0 Å². The van der Waals surface area contributed by atoms with Crippen molar-refractivity contribution in [3.63, 3.8) is 0 Å². The van der Waals surface area contributed by atoms with Gasteiger partial charge in [-0.2, -0.15) is 8.42 Å². The first-order valence-corrected chi connectivity index (χ1v) is 10.8. The summed E-state index contributed by atoms with van der Waals surface area (Å²) in [5.74, 6) is -0.609. The molecule has 3 aromatic rings. The average molecular weight is 416 g/mol. The van der Waals surface area contributed by atoms with Gasteiger partial charge in [-0.1, -0.05) is 36.4 Å². The van der Waals surface area contributed by atoms with E-state index >= 15 is 0 Å². The van der Waals surface area contributed by atoms with Gasteiger partial charge >= 0.3 is 0 Å². The zero-order valence-electron chi connectivity index (χ0n) is 16.5. The van der Waals surface area contributed by atoms with Gasteiger partial charge in [-0.15, -0.1) is 0 Å². The molecule has 0 bridgehead atoms. The molecule has 7 heteroatoms. The Morgan fingerprint density at radius 1 is 1.03 bits per heavy atom. The third-order valence-electron chi connectivity index (χ3n) is 4.32. The maximum absolute atomic E-state index is 12.3. The van der Waals surface area contributed by atoms with Gasteiger partial charge in [-0.25, -0.2) is 0 Å². The third kappa shape index (κ3) is 6.33. The van der Waals surface area contributed by atoms with Gasteiger partial charge in [0.1, 0.15) is 0 Å². The van der Waals surface area contributed by atoms with Crippen molar-refractivity contribution in [3.05, 3.63) is 73.1 Å². The van der Waals surface area contributed by atoms with E-state index in [1.165, 1.54) is 0 Å². The second-order valence-corrected chi connectivity index (χ2v) is 8.66. The molecule has 0 N–H and O–H groups in total. The van der Waals surface area contributed by atoms with Crippen LogP contribution in [-0.2, 0) is 23.8 Å². The zero-order chi connectivity index (χ0) is 20.7. The highest BCUT2D eigenvalue weighted by atomic mass is 32.2. The van der Waals surface area contributed by atoms with E-state index in [0.717, 1.165) is 10.8 Å². The molecule has 0 aliphatic carbocycles. The van der Waals surface area contributed by atoms with E-state index in [2.05, 4.69) is 4.98 Å². The van der Waals surface area contributed by atoms with Crippen LogP contribution in [0.2, 0.25) is 0 Å². The maximum atomic E-state index is 12.3. The van der Waals surface area contributed by atoms with Gasteiger partial charge in [-0.3, -0.25) is 9.17 Å². The summed E-state index contributed by atoms with van der Waals surface area (Å²) in [5.41, 5.74) is 0. The van der Waals surface area contributed by atoms with E-state index in [4.69, 9.17) is 13.7 Å². The second-order valence-electron chi connectivity index (χ2n) is 7.05. The van der Waals surface area contributed by atoms with Crippen molar-refractivity contribution in [1.29, 1.82) is 0 Å². The first-order chi connectivity index (χ1) is 13.9. The molecule has 1 fully saturated rings. The molecule has 0 saturated carbocycles. The van der Waals surface area contributed by atoms with Crippen molar-refractivity contribution in [1.82, 2.24) is 4.98 Å². The van der Waals surface area contributed by atoms with Crippen LogP contribution in [0.3, 0.4) is 0 Å². The number of rotatable bonds is 5. The SMILES string of the molecule is CC1(C)OCC(CCOS(=O)(=O)c2ccc3ccccc3c2)O1.c1ccncc1. The van der Waals surface area contributed by atoms with Crippen LogP contribution in [0.5, 0.6) is 0 Å². The highest BCUT2D eigenvalue weighted by molar-refractivity contribution is 7.86. The molecule has 6 nitrogen and oxygen atoms in total. The van der Waals surface area contributed by atoms with Gasteiger partial charge in [0.25, 0.3) is 10.1 Å². The Labute approximate surface area is 171 Å². The molecule has 0 radical (unpaired) electrons. The Kier molecular flexibility index (Phi) is 6.97. The predicted octanol–water partition coefficient (Wildman–Crippen LogP) is 4.17. The van der Waals surface area contributed by atoms with Crippen molar-refractivity contribution in [2.75, 3.05) is 13.2 Å². The molecule has 1 saturated heterocycles. The lowest BCUT2D eigenvalue weighted by Gasteiger charge is -2.16. The highest BCUT2D eigenvalue weighted by Crippen LogP contribution is 2.25. The molecule has 1 aliphatic rings.